The predicted octanol–water partition coefficient (Wildman–Crippen LogP) is 1.90. The summed E-state index contributed by atoms with van der Waals surface area (Å²) < 4.78 is 0. The minimum Gasteiger partial charge on any atom is -0.306 e. The number of rotatable bonds is 0. The van der Waals surface area contributed by atoms with Gasteiger partial charge in [-0.2, -0.15) is 0 Å². The summed E-state index contributed by atoms with van der Waals surface area (Å²) in [6.07, 6.45) is 2.52. The molecule has 0 aliphatic carbocycles. The molecule has 10 heavy (non-hydrogen) atoms. The van der Waals surface area contributed by atoms with Crippen LogP contribution < -0.4 is 0 Å². The minimum atomic E-state index is 0.701. The number of nitrogens with zero attached hydrogens (tertiary/aromatic N) is 1. The molecule has 1 aliphatic heterocycles. The smallest absolute Gasteiger partial charge is 0.00412 e. The maximum Gasteiger partial charge on any atom is 0.00412 e. The molecule has 0 N–H and O–H groups in total. The first-order valence-electron chi connectivity index (χ1n) is 4.06. The Labute approximate surface area is 63.7 Å². The molecule has 1 fully saturated rings. The van der Waals surface area contributed by atoms with Crippen LogP contribution in [-0.2, 0) is 0 Å². The molecule has 0 aromatic carbocycles. The lowest BCUT2D eigenvalue weighted by molar-refractivity contribution is 0.321. The summed E-state index contributed by atoms with van der Waals surface area (Å²) in [6.45, 7) is 8.76. The first kappa shape index (κ1) is 7.80. The quantitative estimate of drug-likeness (QED) is 0.463. The maximum atomic E-state index is 4.06. The normalized spacial score (nSPS) is 30.2. The van der Waals surface area contributed by atoms with Crippen LogP contribution in [0.4, 0.5) is 0 Å². The summed E-state index contributed by atoms with van der Waals surface area (Å²) in [5.74, 6) is 0.701. The molecule has 1 nitrogen and oxygen atoms in total. The predicted molar refractivity (Wildman–Crippen MR) is 45.0 cm³/mol. The highest BCUT2D eigenvalue weighted by atomic mass is 15.1. The third-order valence-electron chi connectivity index (χ3n) is 2.32. The van der Waals surface area contributed by atoms with E-state index in [4.69, 9.17) is 0 Å². The summed E-state index contributed by atoms with van der Waals surface area (Å²) in [7, 11) is 2.19. The Kier molecular flexibility index (Phi) is 2.50. The Morgan fingerprint density at radius 1 is 1.60 bits per heavy atom. The summed E-state index contributed by atoms with van der Waals surface area (Å²) in [5, 5.41) is 0. The average molecular weight is 139 g/mol. The highest BCUT2D eigenvalue weighted by Crippen LogP contribution is 2.18. The van der Waals surface area contributed by atoms with Gasteiger partial charge in [0.1, 0.15) is 0 Å². The van der Waals surface area contributed by atoms with Gasteiger partial charge in [0, 0.05) is 6.54 Å². The van der Waals surface area contributed by atoms with E-state index in [1.54, 1.807) is 0 Å². The van der Waals surface area contributed by atoms with Crippen molar-refractivity contribution in [2.24, 2.45) is 5.92 Å². The lowest BCUT2D eigenvalue weighted by Gasteiger charge is -2.16. The van der Waals surface area contributed by atoms with Crippen molar-refractivity contribution in [3.8, 4) is 0 Å². The summed E-state index contributed by atoms with van der Waals surface area (Å²) in [6, 6.07) is 0. The molecule has 1 saturated heterocycles. The van der Waals surface area contributed by atoms with Crippen molar-refractivity contribution in [1.29, 1.82) is 0 Å². The van der Waals surface area contributed by atoms with Crippen molar-refractivity contribution in [2.75, 3.05) is 20.1 Å². The van der Waals surface area contributed by atoms with Gasteiger partial charge in [-0.05, 0) is 32.4 Å². The molecule has 1 heteroatoms. The van der Waals surface area contributed by atoms with Crippen molar-refractivity contribution in [1.82, 2.24) is 4.90 Å². The Morgan fingerprint density at radius 3 is 3.00 bits per heavy atom. The van der Waals surface area contributed by atoms with Gasteiger partial charge in [0.15, 0.2) is 0 Å². The molecule has 1 unspecified atom stereocenters. The monoisotopic (exact) mass is 139 g/mol. The molecular formula is C9H17N. The lowest BCUT2D eigenvalue weighted by atomic mass is 10.0. The zero-order valence-electron chi connectivity index (χ0n) is 7.06. The molecule has 0 radical (unpaired) electrons. The van der Waals surface area contributed by atoms with Crippen LogP contribution in [-0.4, -0.2) is 25.0 Å². The van der Waals surface area contributed by atoms with Gasteiger partial charge in [0.2, 0.25) is 0 Å². The first-order chi connectivity index (χ1) is 4.70. The van der Waals surface area contributed by atoms with Crippen molar-refractivity contribution < 1.29 is 0 Å². The van der Waals surface area contributed by atoms with E-state index in [-0.39, 0.29) is 0 Å². The molecule has 1 atom stereocenters. The molecule has 0 saturated carbocycles. The molecule has 1 rings (SSSR count). The Morgan fingerprint density at radius 2 is 2.30 bits per heavy atom. The minimum absolute atomic E-state index is 0.701. The van der Waals surface area contributed by atoms with Gasteiger partial charge in [-0.15, -0.1) is 0 Å². The van der Waals surface area contributed by atoms with Crippen molar-refractivity contribution in [3.63, 3.8) is 0 Å². The van der Waals surface area contributed by atoms with E-state index in [9.17, 15) is 0 Å². The molecule has 0 spiro atoms. The zero-order valence-corrected chi connectivity index (χ0v) is 7.06. The van der Waals surface area contributed by atoms with Crippen LogP contribution in [0, 0.1) is 5.92 Å². The fourth-order valence-corrected chi connectivity index (χ4v) is 1.51. The van der Waals surface area contributed by atoms with Crippen LogP contribution in [0.15, 0.2) is 12.2 Å². The molecule has 0 aromatic rings. The standard InChI is InChI=1S/C9H17N/c1-8-5-4-6-10(3)7-9(8)2/h9H,1,4-7H2,2-3H3. The van der Waals surface area contributed by atoms with E-state index in [2.05, 4.69) is 25.5 Å². The van der Waals surface area contributed by atoms with Gasteiger partial charge in [-0.3, -0.25) is 0 Å². The Bertz CT molecular complexity index is 129. The van der Waals surface area contributed by atoms with Crippen LogP contribution in [0.3, 0.4) is 0 Å². The molecule has 0 amide bonds. The van der Waals surface area contributed by atoms with Crippen LogP contribution in [0.1, 0.15) is 19.8 Å². The van der Waals surface area contributed by atoms with E-state index in [1.165, 1.54) is 31.5 Å². The van der Waals surface area contributed by atoms with Gasteiger partial charge >= 0.3 is 0 Å². The van der Waals surface area contributed by atoms with Crippen molar-refractivity contribution in [2.45, 2.75) is 19.8 Å². The average Bonchev–Trinajstić information content (AvgIpc) is 1.96. The van der Waals surface area contributed by atoms with Crippen molar-refractivity contribution >= 4 is 0 Å². The summed E-state index contributed by atoms with van der Waals surface area (Å²) in [5.41, 5.74) is 1.43. The highest BCUT2D eigenvalue weighted by molar-refractivity contribution is 5.01. The van der Waals surface area contributed by atoms with E-state index < -0.39 is 0 Å². The van der Waals surface area contributed by atoms with Gasteiger partial charge in [-0.1, -0.05) is 19.1 Å². The third-order valence-corrected chi connectivity index (χ3v) is 2.32. The van der Waals surface area contributed by atoms with Crippen molar-refractivity contribution in [3.05, 3.63) is 12.2 Å². The topological polar surface area (TPSA) is 3.24 Å². The van der Waals surface area contributed by atoms with Crippen LogP contribution >= 0.6 is 0 Å². The van der Waals surface area contributed by atoms with Gasteiger partial charge in [0.25, 0.3) is 0 Å². The number of hydrogen-bond acceptors (Lipinski definition) is 1. The van der Waals surface area contributed by atoms with Gasteiger partial charge in [0.05, 0.1) is 0 Å². The fourth-order valence-electron chi connectivity index (χ4n) is 1.51. The Hall–Kier alpha value is -0.300. The molecular weight excluding hydrogens is 122 g/mol. The Balaban J connectivity index is 2.49. The van der Waals surface area contributed by atoms with E-state index >= 15 is 0 Å². The third kappa shape index (κ3) is 1.84. The molecule has 0 bridgehead atoms. The lowest BCUT2D eigenvalue weighted by Crippen LogP contribution is -2.22. The van der Waals surface area contributed by atoms with Crippen LogP contribution in [0.25, 0.3) is 0 Å². The number of likely N-dealkylation sites (tertiary alicyclic amines) is 1. The maximum absolute atomic E-state index is 4.06. The second-order valence-electron chi connectivity index (χ2n) is 3.43. The molecule has 58 valence electrons. The SMILES string of the molecule is C=C1CCCN(C)CC1C. The van der Waals surface area contributed by atoms with Crippen LogP contribution in [0.5, 0.6) is 0 Å². The first-order valence-corrected chi connectivity index (χ1v) is 4.06. The number of hydrogen-bond donors (Lipinski definition) is 0. The molecule has 1 heterocycles. The largest absolute Gasteiger partial charge is 0.306 e. The molecule has 1 aliphatic rings. The summed E-state index contributed by atoms with van der Waals surface area (Å²) in [4.78, 5) is 2.39. The van der Waals surface area contributed by atoms with Crippen LogP contribution in [0.2, 0.25) is 0 Å². The second-order valence-corrected chi connectivity index (χ2v) is 3.43. The highest BCUT2D eigenvalue weighted by Gasteiger charge is 2.13. The second kappa shape index (κ2) is 3.20. The summed E-state index contributed by atoms with van der Waals surface area (Å²) >= 11 is 0. The fraction of sp³-hybridized carbons (Fsp3) is 0.778. The molecule has 0 aromatic heterocycles. The zero-order chi connectivity index (χ0) is 7.56. The van der Waals surface area contributed by atoms with Gasteiger partial charge < -0.3 is 4.90 Å². The van der Waals surface area contributed by atoms with Gasteiger partial charge in [-0.25, -0.2) is 0 Å². The van der Waals surface area contributed by atoms with E-state index in [0.29, 0.717) is 5.92 Å². The van der Waals surface area contributed by atoms with E-state index in [1.807, 2.05) is 0 Å². The van der Waals surface area contributed by atoms with E-state index in [0.717, 1.165) is 0 Å².